The summed E-state index contributed by atoms with van der Waals surface area (Å²) in [6.45, 7) is 0.768. The largest absolute Gasteiger partial charge is 0.392 e. The first-order chi connectivity index (χ1) is 10.1. The molecule has 5 heteroatoms. The molecule has 0 amide bonds. The van der Waals surface area contributed by atoms with Crippen molar-refractivity contribution < 1.29 is 9.84 Å². The lowest BCUT2D eigenvalue weighted by Crippen LogP contribution is -2.43. The second kappa shape index (κ2) is 6.67. The van der Waals surface area contributed by atoms with Crippen LogP contribution in [-0.4, -0.2) is 34.9 Å². The lowest BCUT2D eigenvalue weighted by atomic mass is 9.81. The molecular formula is C16H20Cl2O2S. The highest BCUT2D eigenvalue weighted by atomic mass is 35.5. The summed E-state index contributed by atoms with van der Waals surface area (Å²) >= 11 is 13.9. The standard InChI is InChI=1S/C16H20Cl2O2S/c17-13-2-1-11(7-14(13)18)8-15(19)12-3-5-20-16(9-12)4-6-21-10-16/h1-2,7,12,15,19H,3-6,8-10H2. The smallest absolute Gasteiger partial charge is 0.0783 e. The summed E-state index contributed by atoms with van der Waals surface area (Å²) in [6.07, 6.45) is 3.32. The third-order valence-electron chi connectivity index (χ3n) is 4.57. The van der Waals surface area contributed by atoms with Gasteiger partial charge in [0.1, 0.15) is 0 Å². The van der Waals surface area contributed by atoms with Gasteiger partial charge in [0.15, 0.2) is 0 Å². The number of aliphatic hydroxyl groups is 1. The first-order valence-corrected chi connectivity index (χ1v) is 9.33. The summed E-state index contributed by atoms with van der Waals surface area (Å²) in [6, 6.07) is 5.59. The Kier molecular flexibility index (Phi) is 5.07. The van der Waals surface area contributed by atoms with Crippen LogP contribution in [0.3, 0.4) is 0 Å². The fraction of sp³-hybridized carbons (Fsp3) is 0.625. The van der Waals surface area contributed by atoms with Crippen LogP contribution in [0.25, 0.3) is 0 Å². The summed E-state index contributed by atoms with van der Waals surface area (Å²) in [5.74, 6) is 2.56. The number of hydrogen-bond acceptors (Lipinski definition) is 3. The van der Waals surface area contributed by atoms with E-state index in [2.05, 4.69) is 0 Å². The van der Waals surface area contributed by atoms with E-state index in [0.717, 1.165) is 37.2 Å². The zero-order valence-corrected chi connectivity index (χ0v) is 14.2. The van der Waals surface area contributed by atoms with Crippen LogP contribution < -0.4 is 0 Å². The number of benzene rings is 1. The number of hydrogen-bond donors (Lipinski definition) is 1. The van der Waals surface area contributed by atoms with E-state index in [4.69, 9.17) is 27.9 Å². The minimum Gasteiger partial charge on any atom is -0.392 e. The Bertz CT molecular complexity index is 503. The molecule has 1 aromatic rings. The molecule has 1 aromatic carbocycles. The zero-order valence-electron chi connectivity index (χ0n) is 11.9. The fourth-order valence-electron chi connectivity index (χ4n) is 3.33. The first-order valence-electron chi connectivity index (χ1n) is 7.42. The van der Waals surface area contributed by atoms with Crippen molar-refractivity contribution in [2.24, 2.45) is 5.92 Å². The van der Waals surface area contributed by atoms with Crippen LogP contribution >= 0.6 is 35.0 Å². The minimum absolute atomic E-state index is 0.0200. The van der Waals surface area contributed by atoms with E-state index in [1.54, 1.807) is 6.07 Å². The quantitative estimate of drug-likeness (QED) is 0.889. The average Bonchev–Trinajstić information content (AvgIpc) is 2.91. The third kappa shape index (κ3) is 3.70. The Morgan fingerprint density at radius 2 is 2.24 bits per heavy atom. The summed E-state index contributed by atoms with van der Waals surface area (Å²) < 4.78 is 6.02. The molecule has 3 unspecified atom stereocenters. The molecule has 0 radical (unpaired) electrons. The first kappa shape index (κ1) is 15.9. The Labute approximate surface area is 140 Å². The van der Waals surface area contributed by atoms with Crippen LogP contribution in [0.2, 0.25) is 10.0 Å². The number of ether oxygens (including phenoxy) is 1. The van der Waals surface area contributed by atoms with E-state index < -0.39 is 0 Å². The van der Waals surface area contributed by atoms with Gasteiger partial charge in [0.25, 0.3) is 0 Å². The predicted octanol–water partition coefficient (Wildman–Crippen LogP) is 4.20. The van der Waals surface area contributed by atoms with Crippen molar-refractivity contribution >= 4 is 35.0 Å². The van der Waals surface area contributed by atoms with Gasteiger partial charge in [0, 0.05) is 12.4 Å². The van der Waals surface area contributed by atoms with Crippen LogP contribution in [0.1, 0.15) is 24.8 Å². The van der Waals surface area contributed by atoms with Crippen LogP contribution in [-0.2, 0) is 11.2 Å². The van der Waals surface area contributed by atoms with Gasteiger partial charge in [-0.1, -0.05) is 29.3 Å². The highest BCUT2D eigenvalue weighted by Crippen LogP contribution is 2.41. The van der Waals surface area contributed by atoms with Gasteiger partial charge in [-0.3, -0.25) is 0 Å². The lowest BCUT2D eigenvalue weighted by Gasteiger charge is -2.39. The van der Waals surface area contributed by atoms with Gasteiger partial charge in [0.2, 0.25) is 0 Å². The number of aliphatic hydroxyl groups excluding tert-OH is 1. The van der Waals surface area contributed by atoms with Crippen molar-refractivity contribution in [1.29, 1.82) is 0 Å². The van der Waals surface area contributed by atoms with E-state index in [1.165, 1.54) is 5.75 Å². The van der Waals surface area contributed by atoms with Crippen LogP contribution in [0, 0.1) is 5.92 Å². The number of rotatable bonds is 3. The van der Waals surface area contributed by atoms with Gasteiger partial charge in [0.05, 0.1) is 21.8 Å². The second-order valence-electron chi connectivity index (χ2n) is 6.11. The van der Waals surface area contributed by atoms with Gasteiger partial charge >= 0.3 is 0 Å². The number of halogens is 2. The van der Waals surface area contributed by atoms with Crippen molar-refractivity contribution in [1.82, 2.24) is 0 Å². The van der Waals surface area contributed by atoms with Gasteiger partial charge in [-0.25, -0.2) is 0 Å². The van der Waals surface area contributed by atoms with E-state index in [-0.39, 0.29) is 11.7 Å². The lowest BCUT2D eigenvalue weighted by molar-refractivity contribution is -0.101. The molecule has 0 aliphatic carbocycles. The second-order valence-corrected chi connectivity index (χ2v) is 8.03. The monoisotopic (exact) mass is 346 g/mol. The predicted molar refractivity (Wildman–Crippen MR) is 89.5 cm³/mol. The van der Waals surface area contributed by atoms with Crippen molar-refractivity contribution in [3.63, 3.8) is 0 Å². The van der Waals surface area contributed by atoms with E-state index >= 15 is 0 Å². The molecule has 116 valence electrons. The summed E-state index contributed by atoms with van der Waals surface area (Å²) in [5.41, 5.74) is 1.06. The molecule has 1 spiro atoms. The van der Waals surface area contributed by atoms with Gasteiger partial charge < -0.3 is 9.84 Å². The summed E-state index contributed by atoms with van der Waals surface area (Å²) in [7, 11) is 0. The molecule has 2 nitrogen and oxygen atoms in total. The highest BCUT2D eigenvalue weighted by Gasteiger charge is 2.42. The molecule has 0 bridgehead atoms. The third-order valence-corrected chi connectivity index (χ3v) is 6.53. The van der Waals surface area contributed by atoms with Crippen molar-refractivity contribution in [3.05, 3.63) is 33.8 Å². The maximum Gasteiger partial charge on any atom is 0.0783 e. The average molecular weight is 347 g/mol. The Hall–Kier alpha value is 0.0700. The van der Waals surface area contributed by atoms with Crippen LogP contribution in [0.4, 0.5) is 0 Å². The maximum absolute atomic E-state index is 10.6. The molecule has 2 heterocycles. The topological polar surface area (TPSA) is 29.5 Å². The van der Waals surface area contributed by atoms with Crippen LogP contribution in [0.5, 0.6) is 0 Å². The molecule has 3 rings (SSSR count). The van der Waals surface area contributed by atoms with Crippen LogP contribution in [0.15, 0.2) is 18.2 Å². The van der Waals surface area contributed by atoms with Gasteiger partial charge in [-0.2, -0.15) is 11.8 Å². The molecular weight excluding hydrogens is 327 g/mol. The minimum atomic E-state index is -0.339. The van der Waals surface area contributed by atoms with Crippen molar-refractivity contribution in [3.8, 4) is 0 Å². The van der Waals surface area contributed by atoms with Crippen molar-refractivity contribution in [2.75, 3.05) is 18.1 Å². The Morgan fingerprint density at radius 1 is 1.38 bits per heavy atom. The highest BCUT2D eigenvalue weighted by molar-refractivity contribution is 7.99. The Morgan fingerprint density at radius 3 is 2.95 bits per heavy atom. The SMILES string of the molecule is OC(Cc1ccc(Cl)c(Cl)c1)C1CCOC2(CCSC2)C1. The van der Waals surface area contributed by atoms with E-state index in [0.29, 0.717) is 22.4 Å². The molecule has 0 saturated carbocycles. The molecule has 2 saturated heterocycles. The molecule has 21 heavy (non-hydrogen) atoms. The summed E-state index contributed by atoms with van der Waals surface area (Å²) in [4.78, 5) is 0. The van der Waals surface area contributed by atoms with E-state index in [9.17, 15) is 5.11 Å². The molecule has 0 aromatic heterocycles. The zero-order chi connectivity index (χ0) is 14.9. The molecule has 2 aliphatic heterocycles. The van der Waals surface area contributed by atoms with Gasteiger partial charge in [-0.05, 0) is 55.1 Å². The maximum atomic E-state index is 10.6. The molecule has 2 aliphatic rings. The van der Waals surface area contributed by atoms with Crippen molar-refractivity contribution in [2.45, 2.75) is 37.4 Å². The Balaban J connectivity index is 1.64. The molecule has 1 N–H and O–H groups in total. The van der Waals surface area contributed by atoms with Gasteiger partial charge in [-0.15, -0.1) is 0 Å². The fourth-order valence-corrected chi connectivity index (χ4v) is 5.03. The molecule has 2 fully saturated rings. The van der Waals surface area contributed by atoms with E-state index in [1.807, 2.05) is 23.9 Å². The normalized spacial score (nSPS) is 30.7. The summed E-state index contributed by atoms with van der Waals surface area (Å²) in [5, 5.41) is 11.7. The number of thioether (sulfide) groups is 1. The molecule has 3 atom stereocenters.